The molecule has 1 saturated heterocycles. The molecule has 1 fully saturated rings. The Kier molecular flexibility index (Phi) is 4.87. The second-order valence-electron chi connectivity index (χ2n) is 6.18. The molecule has 0 spiro atoms. The first-order valence-corrected chi connectivity index (χ1v) is 7.84. The molecule has 5 nitrogen and oxygen atoms in total. The number of carbonyl (C=O) groups excluding carboxylic acids is 1. The summed E-state index contributed by atoms with van der Waals surface area (Å²) in [5.74, 6) is 3.77. The third kappa shape index (κ3) is 3.81. The number of hydrogen-bond donors (Lipinski definition) is 0. The summed E-state index contributed by atoms with van der Waals surface area (Å²) in [6, 6.07) is 6.56. The quantitative estimate of drug-likeness (QED) is 0.775. The van der Waals surface area contributed by atoms with Gasteiger partial charge in [-0.25, -0.2) is 18.6 Å². The molecular formula is C19H16F2N2O3. The zero-order valence-electron chi connectivity index (χ0n) is 14.3. The number of halogens is 2. The largest absolute Gasteiger partial charge is 0.416 e. The number of ether oxygens (including phenoxy) is 2. The maximum absolute atomic E-state index is 13.1. The Morgan fingerprint density at radius 2 is 1.88 bits per heavy atom. The summed E-state index contributed by atoms with van der Waals surface area (Å²) in [6.07, 6.45) is 0.910. The summed E-state index contributed by atoms with van der Waals surface area (Å²) in [5.41, 5.74) is 0.520. The molecule has 26 heavy (non-hydrogen) atoms. The van der Waals surface area contributed by atoms with Gasteiger partial charge in [-0.3, -0.25) is 0 Å². The van der Waals surface area contributed by atoms with E-state index in [1.165, 1.54) is 23.2 Å². The Morgan fingerprint density at radius 3 is 2.46 bits per heavy atom. The van der Waals surface area contributed by atoms with Crippen molar-refractivity contribution in [1.29, 1.82) is 0 Å². The predicted molar refractivity (Wildman–Crippen MR) is 89.6 cm³/mol. The van der Waals surface area contributed by atoms with E-state index in [0.717, 1.165) is 12.1 Å². The number of benzene rings is 1. The molecule has 7 heteroatoms. The van der Waals surface area contributed by atoms with E-state index in [4.69, 9.17) is 9.47 Å². The first-order chi connectivity index (χ1) is 12.4. The van der Waals surface area contributed by atoms with Crippen molar-refractivity contribution in [3.8, 4) is 17.7 Å². The Morgan fingerprint density at radius 1 is 1.19 bits per heavy atom. The van der Waals surface area contributed by atoms with E-state index in [0.29, 0.717) is 24.3 Å². The molecule has 0 atom stereocenters. The zero-order chi connectivity index (χ0) is 18.7. The van der Waals surface area contributed by atoms with Crippen LogP contribution in [0.1, 0.15) is 18.1 Å². The number of hydrogen-bond acceptors (Lipinski definition) is 4. The van der Waals surface area contributed by atoms with Gasteiger partial charge in [-0.2, -0.15) is 0 Å². The minimum absolute atomic E-state index is 0.143. The van der Waals surface area contributed by atoms with Gasteiger partial charge in [-0.1, -0.05) is 11.8 Å². The van der Waals surface area contributed by atoms with Gasteiger partial charge < -0.3 is 14.4 Å². The second kappa shape index (κ2) is 7.10. The number of likely N-dealkylation sites (N-methyl/N-ethyl adjacent to an activating group) is 1. The molecule has 0 saturated carbocycles. The van der Waals surface area contributed by atoms with Gasteiger partial charge in [0, 0.05) is 30.4 Å². The molecule has 1 aliphatic heterocycles. The molecule has 2 aromatic rings. The molecule has 1 aromatic heterocycles. The van der Waals surface area contributed by atoms with Gasteiger partial charge in [0.15, 0.2) is 11.6 Å². The van der Waals surface area contributed by atoms with Crippen molar-refractivity contribution >= 4 is 6.09 Å². The van der Waals surface area contributed by atoms with Crippen LogP contribution in [0.5, 0.6) is 5.88 Å². The van der Waals surface area contributed by atoms with Gasteiger partial charge in [0.1, 0.15) is 0 Å². The van der Waals surface area contributed by atoms with Crippen molar-refractivity contribution in [2.45, 2.75) is 12.5 Å². The lowest BCUT2D eigenvalue weighted by Crippen LogP contribution is -2.61. The smallest absolute Gasteiger partial charge is 0.391 e. The Bertz CT molecular complexity index is 884. The van der Waals surface area contributed by atoms with E-state index in [1.54, 1.807) is 13.1 Å². The van der Waals surface area contributed by atoms with Crippen LogP contribution in [-0.4, -0.2) is 41.8 Å². The first kappa shape index (κ1) is 17.8. The Balaban J connectivity index is 1.64. The lowest BCUT2D eigenvalue weighted by molar-refractivity contribution is -0.110. The SMILES string of the molecule is CN(C(=O)Oc1ccc(C#Cc2ccc(F)c(F)c2)cn1)C1(C)COC1. The highest BCUT2D eigenvalue weighted by Crippen LogP contribution is 2.24. The zero-order valence-corrected chi connectivity index (χ0v) is 14.3. The van der Waals surface area contributed by atoms with E-state index < -0.39 is 17.7 Å². The summed E-state index contributed by atoms with van der Waals surface area (Å²) in [5, 5.41) is 0. The lowest BCUT2D eigenvalue weighted by Gasteiger charge is -2.44. The second-order valence-corrected chi connectivity index (χ2v) is 6.18. The fourth-order valence-electron chi connectivity index (χ4n) is 2.20. The molecule has 0 bridgehead atoms. The van der Waals surface area contributed by atoms with E-state index in [9.17, 15) is 13.6 Å². The van der Waals surface area contributed by atoms with Gasteiger partial charge in [0.05, 0.1) is 18.8 Å². The van der Waals surface area contributed by atoms with Gasteiger partial charge >= 0.3 is 6.09 Å². The van der Waals surface area contributed by atoms with Crippen LogP contribution in [0.3, 0.4) is 0 Å². The van der Waals surface area contributed by atoms with Crippen LogP contribution in [0.25, 0.3) is 0 Å². The predicted octanol–water partition coefficient (Wildman–Crippen LogP) is 2.98. The molecular weight excluding hydrogens is 342 g/mol. The summed E-state index contributed by atoms with van der Waals surface area (Å²) in [6.45, 7) is 2.83. The number of pyridine rings is 1. The Hall–Kier alpha value is -2.98. The average Bonchev–Trinajstić information content (AvgIpc) is 2.61. The maximum Gasteiger partial charge on any atom is 0.416 e. The molecule has 0 N–H and O–H groups in total. The van der Waals surface area contributed by atoms with Gasteiger partial charge in [-0.05, 0) is 31.2 Å². The highest BCUT2D eigenvalue weighted by Gasteiger charge is 2.41. The highest BCUT2D eigenvalue weighted by atomic mass is 19.2. The van der Waals surface area contributed by atoms with Gasteiger partial charge in [-0.15, -0.1) is 0 Å². The molecule has 1 aromatic carbocycles. The number of aromatic nitrogens is 1. The molecule has 0 unspecified atom stereocenters. The molecule has 0 radical (unpaired) electrons. The van der Waals surface area contributed by atoms with Crippen molar-refractivity contribution < 1.29 is 23.0 Å². The van der Waals surface area contributed by atoms with Crippen molar-refractivity contribution in [2.75, 3.05) is 20.3 Å². The van der Waals surface area contributed by atoms with Crippen molar-refractivity contribution in [3.05, 3.63) is 59.3 Å². The first-order valence-electron chi connectivity index (χ1n) is 7.84. The molecule has 2 heterocycles. The van der Waals surface area contributed by atoms with Gasteiger partial charge in [0.2, 0.25) is 5.88 Å². The number of nitrogens with zero attached hydrogens (tertiary/aromatic N) is 2. The van der Waals surface area contributed by atoms with E-state index in [1.807, 2.05) is 6.92 Å². The van der Waals surface area contributed by atoms with Crippen molar-refractivity contribution in [1.82, 2.24) is 9.88 Å². The van der Waals surface area contributed by atoms with E-state index in [2.05, 4.69) is 16.8 Å². The number of amides is 1. The van der Waals surface area contributed by atoms with Crippen LogP contribution in [0.4, 0.5) is 13.6 Å². The normalized spacial score (nSPS) is 14.6. The summed E-state index contributed by atoms with van der Waals surface area (Å²) in [7, 11) is 1.65. The molecule has 1 aliphatic rings. The molecule has 1 amide bonds. The van der Waals surface area contributed by atoms with Crippen LogP contribution in [-0.2, 0) is 4.74 Å². The molecule has 3 rings (SSSR count). The summed E-state index contributed by atoms with van der Waals surface area (Å²) in [4.78, 5) is 17.6. The van der Waals surface area contributed by atoms with Crippen LogP contribution in [0.2, 0.25) is 0 Å². The number of carbonyl (C=O) groups is 1. The fourth-order valence-corrected chi connectivity index (χ4v) is 2.20. The van der Waals surface area contributed by atoms with E-state index in [-0.39, 0.29) is 11.4 Å². The van der Waals surface area contributed by atoms with Crippen LogP contribution in [0.15, 0.2) is 36.5 Å². The van der Waals surface area contributed by atoms with Crippen LogP contribution < -0.4 is 4.74 Å². The fraction of sp³-hybridized carbons (Fsp3) is 0.263. The third-order valence-corrected chi connectivity index (χ3v) is 4.11. The van der Waals surface area contributed by atoms with Gasteiger partial charge in [0.25, 0.3) is 0 Å². The van der Waals surface area contributed by atoms with Crippen LogP contribution in [0, 0.1) is 23.5 Å². The number of rotatable bonds is 2. The Labute approximate surface area is 149 Å². The van der Waals surface area contributed by atoms with Crippen molar-refractivity contribution in [3.63, 3.8) is 0 Å². The standard InChI is InChI=1S/C19H16F2N2O3/c1-19(11-25-12-19)23(2)18(24)26-17-8-6-14(10-22-17)4-3-13-5-7-15(20)16(21)9-13/h5-10H,11-12H2,1-2H3. The summed E-state index contributed by atoms with van der Waals surface area (Å²) >= 11 is 0. The van der Waals surface area contributed by atoms with E-state index >= 15 is 0 Å². The minimum atomic E-state index is -0.952. The lowest BCUT2D eigenvalue weighted by atomic mass is 9.99. The summed E-state index contributed by atoms with van der Waals surface area (Å²) < 4.78 is 36.4. The monoisotopic (exact) mass is 358 g/mol. The van der Waals surface area contributed by atoms with Crippen LogP contribution >= 0.6 is 0 Å². The third-order valence-electron chi connectivity index (χ3n) is 4.11. The minimum Gasteiger partial charge on any atom is -0.391 e. The highest BCUT2D eigenvalue weighted by molar-refractivity contribution is 5.71. The molecule has 134 valence electrons. The maximum atomic E-state index is 13.1. The average molecular weight is 358 g/mol. The van der Waals surface area contributed by atoms with Crippen molar-refractivity contribution in [2.24, 2.45) is 0 Å². The molecule has 0 aliphatic carbocycles. The topological polar surface area (TPSA) is 51.7 Å².